The molecule has 1 aromatic heterocycles. The van der Waals surface area contributed by atoms with E-state index < -0.39 is 16.0 Å². The Morgan fingerprint density at radius 2 is 1.94 bits per heavy atom. The molecule has 0 spiro atoms. The maximum Gasteiger partial charge on any atom is 0.307 e. The van der Waals surface area contributed by atoms with E-state index in [1.54, 1.807) is 22.8 Å². The summed E-state index contributed by atoms with van der Waals surface area (Å²) in [6.45, 7) is 0.220. The lowest BCUT2D eigenvalue weighted by Gasteiger charge is -2.05. The summed E-state index contributed by atoms with van der Waals surface area (Å²) in [6.07, 6.45) is 0.0696. The molecule has 164 valence electrons. The second-order valence-corrected chi connectivity index (χ2v) is 10.3. The number of rotatable bonds is 7. The van der Waals surface area contributed by atoms with Crippen molar-refractivity contribution in [3.05, 3.63) is 52.3 Å². The molecule has 0 aliphatic rings. The third-order valence-corrected chi connectivity index (χ3v) is 7.35. The van der Waals surface area contributed by atoms with E-state index in [0.29, 0.717) is 20.0 Å². The van der Waals surface area contributed by atoms with E-state index in [-0.39, 0.29) is 29.5 Å². The zero-order valence-corrected chi connectivity index (χ0v) is 19.5. The fourth-order valence-electron chi connectivity index (χ4n) is 2.65. The highest BCUT2D eigenvalue weighted by Crippen LogP contribution is 2.23. The highest BCUT2D eigenvalue weighted by atomic mass is 35.5. The zero-order valence-electron chi connectivity index (χ0n) is 16.3. The molecule has 1 amide bonds. The summed E-state index contributed by atoms with van der Waals surface area (Å²) in [5.41, 5.74) is 0.637. The normalized spacial score (nSPS) is 12.3. The standard InChI is InChI=1S/C19H18ClN3O5S3/c1-28-18(25)8-9-23-15-7-6-14(31(21,26)27)10-16(15)30-19(23)22-17(24)11-29-13-4-2-12(20)3-5-13/h2-7,10H,8-9,11H2,1H3,(H2,21,26,27). The number of carbonyl (C=O) groups excluding carboxylic acids is 2. The van der Waals surface area contributed by atoms with Crippen molar-refractivity contribution in [3.63, 3.8) is 0 Å². The van der Waals surface area contributed by atoms with Gasteiger partial charge in [0.05, 0.1) is 34.4 Å². The number of ether oxygens (including phenoxy) is 1. The van der Waals surface area contributed by atoms with E-state index in [0.717, 1.165) is 16.2 Å². The van der Waals surface area contributed by atoms with Crippen molar-refractivity contribution in [3.8, 4) is 0 Å². The number of nitrogens with two attached hydrogens (primary N) is 1. The summed E-state index contributed by atoms with van der Waals surface area (Å²) in [7, 11) is -2.59. The van der Waals surface area contributed by atoms with Crippen molar-refractivity contribution < 1.29 is 22.7 Å². The van der Waals surface area contributed by atoms with Crippen molar-refractivity contribution in [2.24, 2.45) is 10.1 Å². The zero-order chi connectivity index (χ0) is 22.6. The molecule has 0 atom stereocenters. The second kappa shape index (κ2) is 9.96. The average Bonchev–Trinajstić information content (AvgIpc) is 3.07. The Morgan fingerprint density at radius 3 is 2.58 bits per heavy atom. The van der Waals surface area contributed by atoms with Gasteiger partial charge in [0, 0.05) is 16.5 Å². The second-order valence-electron chi connectivity index (χ2n) is 6.29. The Hall–Kier alpha value is -2.18. The quantitative estimate of drug-likeness (QED) is 0.394. The van der Waals surface area contributed by atoms with Gasteiger partial charge in [-0.3, -0.25) is 9.59 Å². The highest BCUT2D eigenvalue weighted by molar-refractivity contribution is 8.00. The largest absolute Gasteiger partial charge is 0.469 e. The molecule has 0 aliphatic heterocycles. The Morgan fingerprint density at radius 1 is 1.23 bits per heavy atom. The van der Waals surface area contributed by atoms with Crippen LogP contribution in [-0.4, -0.2) is 37.7 Å². The fraction of sp³-hybridized carbons (Fsp3) is 0.211. The Bertz CT molecular complexity index is 1300. The average molecular weight is 500 g/mol. The monoisotopic (exact) mass is 499 g/mol. The first-order valence-electron chi connectivity index (χ1n) is 8.86. The number of sulfonamides is 1. The Kier molecular flexibility index (Phi) is 7.55. The molecule has 3 aromatic rings. The van der Waals surface area contributed by atoms with E-state index in [4.69, 9.17) is 16.7 Å². The van der Waals surface area contributed by atoms with Crippen LogP contribution in [0.3, 0.4) is 0 Å². The number of halogens is 1. The molecule has 0 aliphatic carbocycles. The molecule has 2 aromatic carbocycles. The minimum atomic E-state index is -3.88. The third kappa shape index (κ3) is 6.17. The molecule has 2 N–H and O–H groups in total. The van der Waals surface area contributed by atoms with E-state index in [2.05, 4.69) is 9.73 Å². The van der Waals surface area contributed by atoms with Gasteiger partial charge in [0.15, 0.2) is 4.80 Å². The van der Waals surface area contributed by atoms with Crippen molar-refractivity contribution in [2.75, 3.05) is 12.9 Å². The van der Waals surface area contributed by atoms with Crippen molar-refractivity contribution >= 4 is 66.8 Å². The lowest BCUT2D eigenvalue weighted by molar-refractivity contribution is -0.140. The fourth-order valence-corrected chi connectivity index (χ4v) is 5.19. The van der Waals surface area contributed by atoms with Gasteiger partial charge in [-0.15, -0.1) is 11.8 Å². The molecule has 8 nitrogen and oxygen atoms in total. The Balaban J connectivity index is 1.94. The van der Waals surface area contributed by atoms with Gasteiger partial charge in [-0.1, -0.05) is 22.9 Å². The van der Waals surface area contributed by atoms with Gasteiger partial charge in [-0.05, 0) is 42.5 Å². The predicted octanol–water partition coefficient (Wildman–Crippen LogP) is 2.79. The molecule has 0 radical (unpaired) electrons. The summed E-state index contributed by atoms with van der Waals surface area (Å²) in [5.74, 6) is -0.677. The van der Waals surface area contributed by atoms with E-state index in [9.17, 15) is 18.0 Å². The molecular weight excluding hydrogens is 482 g/mol. The molecule has 0 fully saturated rings. The molecule has 0 bridgehead atoms. The van der Waals surface area contributed by atoms with Crippen LogP contribution < -0.4 is 9.94 Å². The van der Waals surface area contributed by atoms with Gasteiger partial charge in [0.25, 0.3) is 5.91 Å². The molecule has 31 heavy (non-hydrogen) atoms. The number of benzene rings is 2. The van der Waals surface area contributed by atoms with Crippen molar-refractivity contribution in [1.29, 1.82) is 0 Å². The summed E-state index contributed by atoms with van der Waals surface area (Å²) >= 11 is 8.33. The van der Waals surface area contributed by atoms with Gasteiger partial charge in [-0.2, -0.15) is 4.99 Å². The van der Waals surface area contributed by atoms with Gasteiger partial charge < -0.3 is 9.30 Å². The molecular formula is C19H18ClN3O5S3. The SMILES string of the molecule is COC(=O)CCn1c(=NC(=O)CSc2ccc(Cl)cc2)sc2cc(S(N)(=O)=O)ccc21. The van der Waals surface area contributed by atoms with Crippen LogP contribution in [-0.2, 0) is 30.9 Å². The lowest BCUT2D eigenvalue weighted by Crippen LogP contribution is -2.19. The smallest absolute Gasteiger partial charge is 0.307 e. The van der Waals surface area contributed by atoms with Crippen LogP contribution in [0.1, 0.15) is 6.42 Å². The molecule has 0 saturated heterocycles. The number of fused-ring (bicyclic) bond motifs is 1. The number of hydrogen-bond acceptors (Lipinski definition) is 7. The number of thioether (sulfide) groups is 1. The van der Waals surface area contributed by atoms with Gasteiger partial charge >= 0.3 is 5.97 Å². The summed E-state index contributed by atoms with van der Waals surface area (Å²) in [6, 6.07) is 11.5. The number of esters is 1. The first-order chi connectivity index (χ1) is 14.7. The predicted molar refractivity (Wildman–Crippen MR) is 121 cm³/mol. The van der Waals surface area contributed by atoms with E-state index >= 15 is 0 Å². The van der Waals surface area contributed by atoms with Crippen LogP contribution in [0.25, 0.3) is 10.2 Å². The van der Waals surface area contributed by atoms with E-state index in [1.165, 1.54) is 31.0 Å². The number of amides is 1. The maximum absolute atomic E-state index is 12.5. The minimum absolute atomic E-state index is 0.0439. The van der Waals surface area contributed by atoms with Crippen LogP contribution in [0, 0.1) is 0 Å². The number of primary sulfonamides is 1. The number of aryl methyl sites for hydroxylation is 1. The molecule has 0 saturated carbocycles. The number of nitrogens with zero attached hydrogens (tertiary/aromatic N) is 2. The Labute approximate surface area is 191 Å². The van der Waals surface area contributed by atoms with Crippen LogP contribution >= 0.6 is 34.7 Å². The number of aromatic nitrogens is 1. The molecule has 12 heteroatoms. The molecule has 3 rings (SSSR count). The van der Waals surface area contributed by atoms with Gasteiger partial charge in [0.1, 0.15) is 0 Å². The number of hydrogen-bond donors (Lipinski definition) is 1. The van der Waals surface area contributed by atoms with Crippen molar-refractivity contribution in [1.82, 2.24) is 4.57 Å². The summed E-state index contributed by atoms with van der Waals surface area (Å²) in [4.78, 5) is 29.5. The first kappa shape index (κ1) is 23.5. The van der Waals surface area contributed by atoms with Crippen LogP contribution in [0.5, 0.6) is 0 Å². The van der Waals surface area contributed by atoms with Crippen LogP contribution in [0.2, 0.25) is 5.02 Å². The van der Waals surface area contributed by atoms with Crippen LogP contribution in [0.4, 0.5) is 0 Å². The van der Waals surface area contributed by atoms with Crippen LogP contribution in [0.15, 0.2) is 57.2 Å². The summed E-state index contributed by atoms with van der Waals surface area (Å²) in [5, 5.41) is 5.82. The molecule has 0 unspecified atom stereocenters. The third-order valence-electron chi connectivity index (χ3n) is 4.15. The highest BCUT2D eigenvalue weighted by Gasteiger charge is 2.14. The van der Waals surface area contributed by atoms with Crippen molar-refractivity contribution in [2.45, 2.75) is 22.8 Å². The number of thiazole rings is 1. The molecule has 1 heterocycles. The maximum atomic E-state index is 12.5. The first-order valence-corrected chi connectivity index (χ1v) is 12.6. The lowest BCUT2D eigenvalue weighted by atomic mass is 10.3. The van der Waals surface area contributed by atoms with E-state index in [1.807, 2.05) is 12.1 Å². The number of methoxy groups -OCH3 is 1. The minimum Gasteiger partial charge on any atom is -0.469 e. The topological polar surface area (TPSA) is 121 Å². The number of carbonyl (C=O) groups is 2. The summed E-state index contributed by atoms with van der Waals surface area (Å²) < 4.78 is 30.3. The van der Waals surface area contributed by atoms with Gasteiger partial charge in [-0.25, -0.2) is 13.6 Å². The van der Waals surface area contributed by atoms with Gasteiger partial charge in [0.2, 0.25) is 10.0 Å².